The van der Waals surface area contributed by atoms with Gasteiger partial charge in [-0.3, -0.25) is 4.79 Å². The number of carbonyl (C=O) groups excluding carboxylic acids is 1. The first-order valence-electron chi connectivity index (χ1n) is 9.28. The van der Waals surface area contributed by atoms with Gasteiger partial charge in [0.15, 0.2) is 5.13 Å². The molecule has 1 atom stereocenters. The van der Waals surface area contributed by atoms with Crippen molar-refractivity contribution in [3.63, 3.8) is 0 Å². The van der Waals surface area contributed by atoms with E-state index in [1.165, 1.54) is 15.6 Å². The predicted octanol–water partition coefficient (Wildman–Crippen LogP) is 3.34. The highest BCUT2D eigenvalue weighted by Crippen LogP contribution is 2.30. The van der Waals surface area contributed by atoms with E-state index in [4.69, 9.17) is 4.74 Å². The Balaban J connectivity index is 1.48. The largest absolute Gasteiger partial charge is 0.497 e. The molecule has 7 nitrogen and oxygen atoms in total. The van der Waals surface area contributed by atoms with Gasteiger partial charge in [-0.15, -0.1) is 0 Å². The lowest BCUT2D eigenvalue weighted by molar-refractivity contribution is -0.120. The summed E-state index contributed by atoms with van der Waals surface area (Å²) in [6.07, 6.45) is 1.28. The number of sulfonamides is 1. The van der Waals surface area contributed by atoms with Crippen molar-refractivity contribution >= 4 is 42.6 Å². The molecule has 4 rings (SSSR count). The molecule has 2 aromatic carbocycles. The molecule has 29 heavy (non-hydrogen) atoms. The zero-order chi connectivity index (χ0) is 20.4. The van der Waals surface area contributed by atoms with Crippen LogP contribution in [-0.2, 0) is 14.8 Å². The summed E-state index contributed by atoms with van der Waals surface area (Å²) < 4.78 is 33.3. The van der Waals surface area contributed by atoms with E-state index in [-0.39, 0.29) is 17.3 Å². The minimum Gasteiger partial charge on any atom is -0.497 e. The molecule has 0 radical (unpaired) electrons. The van der Waals surface area contributed by atoms with E-state index in [1.807, 2.05) is 18.2 Å². The van der Waals surface area contributed by atoms with E-state index in [2.05, 4.69) is 10.3 Å². The van der Waals surface area contributed by atoms with Crippen LogP contribution in [-0.4, -0.2) is 43.8 Å². The number of hydrogen-bond acceptors (Lipinski definition) is 6. The van der Waals surface area contributed by atoms with Crippen molar-refractivity contribution in [1.82, 2.24) is 9.29 Å². The minimum atomic E-state index is -3.60. The van der Waals surface area contributed by atoms with Gasteiger partial charge in [-0.05, 0) is 43.2 Å². The maximum atomic E-state index is 12.9. The molecule has 0 saturated carbocycles. The molecule has 0 spiro atoms. The molecule has 2 heterocycles. The van der Waals surface area contributed by atoms with Gasteiger partial charge in [0.05, 0.1) is 28.1 Å². The van der Waals surface area contributed by atoms with Crippen LogP contribution in [0.1, 0.15) is 12.8 Å². The molecule has 0 unspecified atom stereocenters. The van der Waals surface area contributed by atoms with E-state index < -0.39 is 15.9 Å². The topological polar surface area (TPSA) is 88.6 Å². The van der Waals surface area contributed by atoms with Crippen molar-refractivity contribution < 1.29 is 17.9 Å². The number of nitrogens with zero attached hydrogens (tertiary/aromatic N) is 2. The number of ether oxygens (including phenoxy) is 1. The SMILES string of the molecule is COc1ccc2nc(NC(=O)[C@@H]3CCCN(S(=O)(=O)c4ccccc4)C3)sc2c1. The second kappa shape index (κ2) is 8.10. The second-order valence-corrected chi connectivity index (χ2v) is 9.83. The van der Waals surface area contributed by atoms with Gasteiger partial charge in [0.25, 0.3) is 0 Å². The Kier molecular flexibility index (Phi) is 5.53. The zero-order valence-electron chi connectivity index (χ0n) is 15.9. The van der Waals surface area contributed by atoms with Crippen molar-refractivity contribution in [2.45, 2.75) is 17.7 Å². The maximum Gasteiger partial charge on any atom is 0.243 e. The highest BCUT2D eigenvalue weighted by Gasteiger charge is 2.33. The summed E-state index contributed by atoms with van der Waals surface area (Å²) in [5.41, 5.74) is 0.781. The number of amides is 1. The highest BCUT2D eigenvalue weighted by atomic mass is 32.2. The molecular formula is C20H21N3O4S2. The predicted molar refractivity (Wildman–Crippen MR) is 113 cm³/mol. The van der Waals surface area contributed by atoms with Gasteiger partial charge in [0.2, 0.25) is 15.9 Å². The zero-order valence-corrected chi connectivity index (χ0v) is 17.5. The average Bonchev–Trinajstić information content (AvgIpc) is 3.15. The van der Waals surface area contributed by atoms with E-state index in [9.17, 15) is 13.2 Å². The maximum absolute atomic E-state index is 12.9. The average molecular weight is 432 g/mol. The molecule has 9 heteroatoms. The third-order valence-electron chi connectivity index (χ3n) is 4.96. The molecule has 3 aromatic rings. The van der Waals surface area contributed by atoms with Crippen molar-refractivity contribution in [1.29, 1.82) is 0 Å². The lowest BCUT2D eigenvalue weighted by atomic mass is 9.99. The van der Waals surface area contributed by atoms with Gasteiger partial charge in [0, 0.05) is 13.1 Å². The molecule has 1 aromatic heterocycles. The van der Waals surface area contributed by atoms with Gasteiger partial charge >= 0.3 is 0 Å². The van der Waals surface area contributed by atoms with Gasteiger partial charge in [-0.25, -0.2) is 13.4 Å². The number of nitrogens with one attached hydrogen (secondary N) is 1. The first-order valence-corrected chi connectivity index (χ1v) is 11.5. The van der Waals surface area contributed by atoms with Crippen LogP contribution in [0.3, 0.4) is 0 Å². The number of fused-ring (bicyclic) bond motifs is 1. The van der Waals surface area contributed by atoms with Crippen molar-refractivity contribution in [2.75, 3.05) is 25.5 Å². The number of benzene rings is 2. The Hall–Kier alpha value is -2.49. The molecular weight excluding hydrogens is 410 g/mol. The Morgan fingerprint density at radius 3 is 2.79 bits per heavy atom. The fraction of sp³-hybridized carbons (Fsp3) is 0.300. The Labute approximate surface area is 173 Å². The molecule has 1 N–H and O–H groups in total. The Morgan fingerprint density at radius 2 is 2.03 bits per heavy atom. The molecule has 152 valence electrons. The van der Waals surface area contributed by atoms with E-state index in [0.717, 1.165) is 16.0 Å². The van der Waals surface area contributed by atoms with Crippen LogP contribution in [0.15, 0.2) is 53.4 Å². The lowest BCUT2D eigenvalue weighted by Gasteiger charge is -2.31. The van der Waals surface area contributed by atoms with Crippen LogP contribution in [0.25, 0.3) is 10.2 Å². The highest BCUT2D eigenvalue weighted by molar-refractivity contribution is 7.89. The Morgan fingerprint density at radius 1 is 1.24 bits per heavy atom. The number of thiazole rings is 1. The van der Waals surface area contributed by atoms with Gasteiger partial charge < -0.3 is 10.1 Å². The quantitative estimate of drug-likeness (QED) is 0.669. The van der Waals surface area contributed by atoms with Gasteiger partial charge in [-0.2, -0.15) is 4.31 Å². The van der Waals surface area contributed by atoms with Crippen molar-refractivity contribution in [3.8, 4) is 5.75 Å². The van der Waals surface area contributed by atoms with Crippen molar-refractivity contribution in [2.24, 2.45) is 5.92 Å². The summed E-state index contributed by atoms with van der Waals surface area (Å²) in [5.74, 6) is 0.112. The molecule has 1 saturated heterocycles. The third-order valence-corrected chi connectivity index (χ3v) is 7.77. The minimum absolute atomic E-state index is 0.168. The van der Waals surface area contributed by atoms with E-state index in [1.54, 1.807) is 37.4 Å². The van der Waals surface area contributed by atoms with Crippen molar-refractivity contribution in [3.05, 3.63) is 48.5 Å². The fourth-order valence-electron chi connectivity index (χ4n) is 3.41. The van der Waals surface area contributed by atoms with Crippen LogP contribution in [0.4, 0.5) is 5.13 Å². The molecule has 1 amide bonds. The number of carbonyl (C=O) groups is 1. The van der Waals surface area contributed by atoms with Crippen LogP contribution in [0.2, 0.25) is 0 Å². The number of piperidine rings is 1. The first-order chi connectivity index (χ1) is 14.0. The van der Waals surface area contributed by atoms with Crippen LogP contribution >= 0.6 is 11.3 Å². The molecule has 1 fully saturated rings. The van der Waals surface area contributed by atoms with E-state index >= 15 is 0 Å². The summed E-state index contributed by atoms with van der Waals surface area (Å²) in [6.45, 7) is 0.587. The summed E-state index contributed by atoms with van der Waals surface area (Å²) in [7, 11) is -2.00. The number of aromatic nitrogens is 1. The first kappa shape index (κ1) is 19.8. The Bertz CT molecular complexity index is 1130. The normalized spacial score (nSPS) is 17.9. The summed E-state index contributed by atoms with van der Waals surface area (Å²) >= 11 is 1.37. The summed E-state index contributed by atoms with van der Waals surface area (Å²) in [5, 5.41) is 3.36. The van der Waals surface area contributed by atoms with Gasteiger partial charge in [0.1, 0.15) is 5.75 Å². The monoisotopic (exact) mass is 431 g/mol. The van der Waals surface area contributed by atoms with Gasteiger partial charge in [-0.1, -0.05) is 29.5 Å². The standard InChI is InChI=1S/C20H21N3O4S2/c1-27-15-9-10-17-18(12-15)28-20(21-17)22-19(24)14-6-5-11-23(13-14)29(25,26)16-7-3-2-4-8-16/h2-4,7-10,12,14H,5-6,11,13H2,1H3,(H,21,22,24)/t14-/m1/s1. The molecule has 0 bridgehead atoms. The number of rotatable bonds is 5. The third kappa shape index (κ3) is 4.12. The smallest absolute Gasteiger partial charge is 0.243 e. The van der Waals surface area contributed by atoms with Crippen LogP contribution in [0, 0.1) is 5.92 Å². The fourth-order valence-corrected chi connectivity index (χ4v) is 5.85. The van der Waals surface area contributed by atoms with Crippen LogP contribution in [0.5, 0.6) is 5.75 Å². The van der Waals surface area contributed by atoms with E-state index in [0.29, 0.717) is 24.5 Å². The molecule has 1 aliphatic rings. The number of hydrogen-bond donors (Lipinski definition) is 1. The number of anilines is 1. The summed E-state index contributed by atoms with van der Waals surface area (Å²) in [6, 6.07) is 13.9. The van der Waals surface area contributed by atoms with Crippen LogP contribution < -0.4 is 10.1 Å². The molecule has 0 aliphatic carbocycles. The lowest BCUT2D eigenvalue weighted by Crippen LogP contribution is -2.43. The summed E-state index contributed by atoms with van der Waals surface area (Å²) in [4.78, 5) is 17.5. The second-order valence-electron chi connectivity index (χ2n) is 6.86. The number of methoxy groups -OCH3 is 1. The molecule has 1 aliphatic heterocycles.